The number of hydrogen-bond acceptors (Lipinski definition) is 5. The Morgan fingerprint density at radius 1 is 1.17 bits per heavy atom. The van der Waals surface area contributed by atoms with Gasteiger partial charge < -0.3 is 25.3 Å². The van der Waals surface area contributed by atoms with Crippen LogP contribution >= 0.6 is 0 Å². The standard InChI is InChI=1S/C18H20N2O4/c1-2-24-13-4-6-16-15(8-13)18(23)14-5-3-11(7-17(14)20-16)19-9-12(22)10-21/h3-8,12,19,21-22H,2,9-10H2,1H3,(H,20,23). The minimum atomic E-state index is -0.826. The van der Waals surface area contributed by atoms with Gasteiger partial charge in [0.25, 0.3) is 0 Å². The molecule has 0 spiro atoms. The van der Waals surface area contributed by atoms with Crippen molar-refractivity contribution in [3.8, 4) is 5.75 Å². The molecule has 0 saturated heterocycles. The number of rotatable bonds is 6. The SMILES string of the molecule is CCOc1ccc2[nH]c3cc(NCC(O)CO)ccc3c(=O)c2c1. The second-order valence-corrected chi connectivity index (χ2v) is 5.57. The summed E-state index contributed by atoms with van der Waals surface area (Å²) in [5, 5.41) is 22.5. The number of nitrogens with one attached hydrogen (secondary N) is 2. The number of fused-ring (bicyclic) bond motifs is 2. The van der Waals surface area contributed by atoms with Crippen molar-refractivity contribution in [2.45, 2.75) is 13.0 Å². The van der Waals surface area contributed by atoms with Gasteiger partial charge in [0.2, 0.25) is 0 Å². The highest BCUT2D eigenvalue weighted by atomic mass is 16.5. The quantitative estimate of drug-likeness (QED) is 0.518. The lowest BCUT2D eigenvalue weighted by Gasteiger charge is -2.11. The first-order chi connectivity index (χ1) is 11.6. The van der Waals surface area contributed by atoms with Crippen LogP contribution in [0.25, 0.3) is 21.8 Å². The van der Waals surface area contributed by atoms with E-state index in [2.05, 4.69) is 10.3 Å². The smallest absolute Gasteiger partial charge is 0.197 e. The number of aliphatic hydroxyl groups excluding tert-OH is 2. The van der Waals surface area contributed by atoms with E-state index in [1.165, 1.54) is 0 Å². The highest BCUT2D eigenvalue weighted by molar-refractivity contribution is 5.94. The third-order valence-corrected chi connectivity index (χ3v) is 3.83. The monoisotopic (exact) mass is 328 g/mol. The zero-order valence-electron chi connectivity index (χ0n) is 13.4. The van der Waals surface area contributed by atoms with Crippen LogP contribution in [0.5, 0.6) is 5.75 Å². The summed E-state index contributed by atoms with van der Waals surface area (Å²) in [6, 6.07) is 10.7. The van der Waals surface area contributed by atoms with Crippen LogP contribution in [0, 0.1) is 0 Å². The zero-order valence-corrected chi connectivity index (χ0v) is 13.4. The molecule has 0 fully saturated rings. The number of aliphatic hydroxyl groups is 2. The molecule has 0 bridgehead atoms. The molecule has 1 atom stereocenters. The van der Waals surface area contributed by atoms with Gasteiger partial charge in [-0.3, -0.25) is 4.79 Å². The van der Waals surface area contributed by atoms with E-state index in [4.69, 9.17) is 9.84 Å². The average Bonchev–Trinajstić information content (AvgIpc) is 2.60. The van der Waals surface area contributed by atoms with Gasteiger partial charge in [-0.25, -0.2) is 0 Å². The average molecular weight is 328 g/mol. The third-order valence-electron chi connectivity index (χ3n) is 3.83. The Balaban J connectivity index is 2.03. The van der Waals surface area contributed by atoms with Gasteiger partial charge in [0.15, 0.2) is 5.43 Å². The number of ether oxygens (including phenoxy) is 1. The fraction of sp³-hybridized carbons (Fsp3) is 0.278. The third kappa shape index (κ3) is 3.20. The maximum absolute atomic E-state index is 12.7. The van der Waals surface area contributed by atoms with E-state index < -0.39 is 6.10 Å². The van der Waals surface area contributed by atoms with E-state index in [1.54, 1.807) is 18.2 Å². The number of benzene rings is 2. The van der Waals surface area contributed by atoms with Crippen LogP contribution in [0.4, 0.5) is 5.69 Å². The topological polar surface area (TPSA) is 94.6 Å². The number of pyridine rings is 1. The molecule has 126 valence electrons. The Labute approximate surface area is 138 Å². The van der Waals surface area contributed by atoms with Crippen molar-refractivity contribution in [3.63, 3.8) is 0 Å². The molecule has 24 heavy (non-hydrogen) atoms. The van der Waals surface area contributed by atoms with Crippen LogP contribution in [-0.4, -0.2) is 41.1 Å². The minimum absolute atomic E-state index is 0.0535. The van der Waals surface area contributed by atoms with Crippen LogP contribution in [0.3, 0.4) is 0 Å². The van der Waals surface area contributed by atoms with Gasteiger partial charge in [0.05, 0.1) is 30.4 Å². The summed E-state index contributed by atoms with van der Waals surface area (Å²) < 4.78 is 5.46. The summed E-state index contributed by atoms with van der Waals surface area (Å²) in [5.41, 5.74) is 2.15. The predicted molar refractivity (Wildman–Crippen MR) is 94.8 cm³/mol. The molecule has 4 N–H and O–H groups in total. The first-order valence-electron chi connectivity index (χ1n) is 7.87. The maximum Gasteiger partial charge on any atom is 0.197 e. The second kappa shape index (κ2) is 6.90. The number of anilines is 1. The highest BCUT2D eigenvalue weighted by Gasteiger charge is 2.08. The van der Waals surface area contributed by atoms with Crippen molar-refractivity contribution in [1.82, 2.24) is 4.98 Å². The molecule has 1 aromatic heterocycles. The van der Waals surface area contributed by atoms with E-state index in [0.717, 1.165) is 11.2 Å². The molecule has 0 aliphatic heterocycles. The van der Waals surface area contributed by atoms with E-state index in [1.807, 2.05) is 25.1 Å². The van der Waals surface area contributed by atoms with Crippen molar-refractivity contribution < 1.29 is 14.9 Å². The lowest BCUT2D eigenvalue weighted by Crippen LogP contribution is -2.22. The van der Waals surface area contributed by atoms with Crippen molar-refractivity contribution in [3.05, 3.63) is 46.6 Å². The van der Waals surface area contributed by atoms with E-state index >= 15 is 0 Å². The molecule has 0 radical (unpaired) electrons. The molecule has 2 aromatic carbocycles. The highest BCUT2D eigenvalue weighted by Crippen LogP contribution is 2.22. The van der Waals surface area contributed by atoms with Crippen LogP contribution in [0.15, 0.2) is 41.2 Å². The summed E-state index contributed by atoms with van der Waals surface area (Å²) >= 11 is 0. The molecule has 0 aliphatic rings. The molecule has 3 aromatic rings. The summed E-state index contributed by atoms with van der Waals surface area (Å²) in [4.78, 5) is 16.0. The van der Waals surface area contributed by atoms with Gasteiger partial charge in [-0.1, -0.05) is 0 Å². The van der Waals surface area contributed by atoms with E-state index in [9.17, 15) is 9.90 Å². The zero-order chi connectivity index (χ0) is 17.1. The lowest BCUT2D eigenvalue weighted by molar-refractivity contribution is 0.105. The molecule has 0 aliphatic carbocycles. The molecule has 0 amide bonds. The van der Waals surface area contributed by atoms with E-state index in [-0.39, 0.29) is 18.6 Å². The fourth-order valence-corrected chi connectivity index (χ4v) is 2.62. The summed E-state index contributed by atoms with van der Waals surface area (Å²) in [6.45, 7) is 2.38. The van der Waals surface area contributed by atoms with Gasteiger partial charge in [0.1, 0.15) is 5.75 Å². The number of hydrogen-bond donors (Lipinski definition) is 4. The molecular weight excluding hydrogens is 308 g/mol. The summed E-state index contributed by atoms with van der Waals surface area (Å²) in [5.74, 6) is 0.672. The minimum Gasteiger partial charge on any atom is -0.494 e. The van der Waals surface area contributed by atoms with Crippen molar-refractivity contribution in [2.75, 3.05) is 25.1 Å². The van der Waals surface area contributed by atoms with Crippen molar-refractivity contribution in [1.29, 1.82) is 0 Å². The van der Waals surface area contributed by atoms with Crippen LogP contribution in [0.2, 0.25) is 0 Å². The maximum atomic E-state index is 12.7. The first-order valence-corrected chi connectivity index (χ1v) is 7.87. The normalized spacial score (nSPS) is 12.5. The Kier molecular flexibility index (Phi) is 4.69. The van der Waals surface area contributed by atoms with E-state index in [0.29, 0.717) is 28.6 Å². The fourth-order valence-electron chi connectivity index (χ4n) is 2.62. The van der Waals surface area contributed by atoms with Gasteiger partial charge in [-0.2, -0.15) is 0 Å². The Bertz CT molecular complexity index is 920. The summed E-state index contributed by atoms with van der Waals surface area (Å²) in [7, 11) is 0. The largest absolute Gasteiger partial charge is 0.494 e. The van der Waals surface area contributed by atoms with Gasteiger partial charge in [0, 0.05) is 23.0 Å². The second-order valence-electron chi connectivity index (χ2n) is 5.57. The predicted octanol–water partition coefficient (Wildman–Crippen LogP) is 1.85. The van der Waals surface area contributed by atoms with Gasteiger partial charge in [-0.15, -0.1) is 0 Å². The lowest BCUT2D eigenvalue weighted by atomic mass is 10.1. The number of H-pyrrole nitrogens is 1. The number of aromatic nitrogens is 1. The number of aromatic amines is 1. The van der Waals surface area contributed by atoms with Crippen LogP contribution < -0.4 is 15.5 Å². The molecule has 6 heteroatoms. The van der Waals surface area contributed by atoms with Crippen LogP contribution in [0.1, 0.15) is 6.92 Å². The Hall–Kier alpha value is -2.57. The molecule has 3 rings (SSSR count). The summed E-state index contributed by atoms with van der Waals surface area (Å²) in [6.07, 6.45) is -0.826. The molecule has 1 heterocycles. The molecule has 6 nitrogen and oxygen atoms in total. The Morgan fingerprint density at radius 2 is 2.00 bits per heavy atom. The molecular formula is C18H20N2O4. The molecule has 1 unspecified atom stereocenters. The van der Waals surface area contributed by atoms with Crippen molar-refractivity contribution in [2.24, 2.45) is 0 Å². The molecule has 0 saturated carbocycles. The van der Waals surface area contributed by atoms with Gasteiger partial charge in [-0.05, 0) is 43.3 Å². The Morgan fingerprint density at radius 3 is 2.75 bits per heavy atom. The first kappa shape index (κ1) is 16.3. The van der Waals surface area contributed by atoms with Gasteiger partial charge >= 0.3 is 0 Å². The van der Waals surface area contributed by atoms with Crippen molar-refractivity contribution >= 4 is 27.5 Å². The van der Waals surface area contributed by atoms with Crippen LogP contribution in [-0.2, 0) is 0 Å².